The number of sulfonamides is 1. The molecule has 4 aliphatic rings. The van der Waals surface area contributed by atoms with Crippen LogP contribution in [0.5, 0.6) is 0 Å². The number of benzene rings is 3. The van der Waals surface area contributed by atoms with E-state index in [0.29, 0.717) is 11.1 Å². The molecule has 4 bridgehead atoms. The third kappa shape index (κ3) is 5.42. The number of hydrogen-bond donors (Lipinski definition) is 2. The normalized spacial score (nSPS) is 26.7. The van der Waals surface area contributed by atoms with Crippen LogP contribution in [0.25, 0.3) is 0 Å². The van der Waals surface area contributed by atoms with E-state index in [1.165, 1.54) is 44.1 Å². The van der Waals surface area contributed by atoms with E-state index in [0.717, 1.165) is 26.9 Å². The first-order valence-corrected chi connectivity index (χ1v) is 16.1. The largest absolute Gasteiger partial charge is 0.325 e. The third-order valence-corrected chi connectivity index (χ3v) is 11.0. The van der Waals surface area contributed by atoms with Crippen molar-refractivity contribution in [2.24, 2.45) is 17.8 Å². The van der Waals surface area contributed by atoms with Crippen LogP contribution in [0.2, 0.25) is 0 Å². The van der Waals surface area contributed by atoms with E-state index < -0.39 is 16.1 Å². The summed E-state index contributed by atoms with van der Waals surface area (Å²) in [6.07, 6.45) is 8.37. The molecule has 4 saturated carbocycles. The molecule has 0 aliphatic heterocycles. The van der Waals surface area contributed by atoms with Crippen molar-refractivity contribution in [1.82, 2.24) is 4.72 Å². The van der Waals surface area contributed by atoms with Crippen LogP contribution in [0.1, 0.15) is 49.7 Å². The van der Waals surface area contributed by atoms with Gasteiger partial charge in [-0.1, -0.05) is 42.5 Å². The number of rotatable bonds is 8. The molecule has 0 unspecified atom stereocenters. The lowest BCUT2D eigenvalue weighted by Crippen LogP contribution is -2.48. The average Bonchev–Trinajstić information content (AvgIpc) is 2.89. The number of carbonyl (C=O) groups excluding carboxylic acids is 1. The first-order valence-electron chi connectivity index (χ1n) is 13.5. The number of anilines is 1. The van der Waals surface area contributed by atoms with E-state index in [1.54, 1.807) is 24.3 Å². The van der Waals surface area contributed by atoms with Crippen molar-refractivity contribution in [2.75, 3.05) is 5.32 Å². The Morgan fingerprint density at radius 3 is 2.00 bits per heavy atom. The van der Waals surface area contributed by atoms with Crippen molar-refractivity contribution in [3.63, 3.8) is 0 Å². The fraction of sp³-hybridized carbons (Fsp3) is 0.387. The van der Waals surface area contributed by atoms with Gasteiger partial charge in [0.15, 0.2) is 0 Å². The van der Waals surface area contributed by atoms with Crippen molar-refractivity contribution in [3.05, 3.63) is 93.6 Å². The van der Waals surface area contributed by atoms with E-state index in [1.807, 2.05) is 42.5 Å². The van der Waals surface area contributed by atoms with Crippen molar-refractivity contribution in [2.45, 2.75) is 61.3 Å². The standard InChI is InChI=1S/C31H33IN2O3S/c32-26-8-12-28(13-9-26)38(36,37)34-29(17-21-4-2-1-3-5-21)30(35)33-27-10-6-25(7-11-27)31-18-22-14-23(19-31)16-24(15-22)20-31/h1-13,22-24,29,34H,14-20H2,(H,33,35)/t22?,23?,24?,29-,31?/m0/s1. The minimum Gasteiger partial charge on any atom is -0.325 e. The first-order chi connectivity index (χ1) is 18.3. The number of halogens is 1. The Kier molecular flexibility index (Phi) is 7.12. The summed E-state index contributed by atoms with van der Waals surface area (Å²) in [5.74, 6) is 2.26. The summed E-state index contributed by atoms with van der Waals surface area (Å²) in [4.78, 5) is 13.6. The minimum atomic E-state index is -3.88. The molecular formula is C31H33IN2O3S. The molecule has 5 nitrogen and oxygen atoms in total. The molecule has 38 heavy (non-hydrogen) atoms. The first kappa shape index (κ1) is 26.0. The van der Waals surface area contributed by atoms with Gasteiger partial charge < -0.3 is 5.32 Å². The molecule has 4 aliphatic carbocycles. The maximum Gasteiger partial charge on any atom is 0.242 e. The summed E-state index contributed by atoms with van der Waals surface area (Å²) in [6, 6.07) is 23.5. The Bertz CT molecular complexity index is 1370. The highest BCUT2D eigenvalue weighted by Crippen LogP contribution is 2.60. The number of carbonyl (C=O) groups is 1. The van der Waals surface area contributed by atoms with Gasteiger partial charge in [-0.05, 0) is 138 Å². The van der Waals surface area contributed by atoms with Crippen molar-refractivity contribution in [3.8, 4) is 0 Å². The monoisotopic (exact) mass is 640 g/mol. The molecule has 1 amide bonds. The Morgan fingerprint density at radius 1 is 0.842 bits per heavy atom. The van der Waals surface area contributed by atoms with Crippen molar-refractivity contribution in [1.29, 1.82) is 0 Å². The molecule has 0 aromatic heterocycles. The highest BCUT2D eigenvalue weighted by Gasteiger charge is 2.51. The third-order valence-electron chi connectivity index (χ3n) is 8.82. The van der Waals surface area contributed by atoms with Gasteiger partial charge in [0, 0.05) is 9.26 Å². The molecule has 0 heterocycles. The predicted molar refractivity (Wildman–Crippen MR) is 158 cm³/mol. The molecule has 0 radical (unpaired) electrons. The van der Waals surface area contributed by atoms with Crippen LogP contribution >= 0.6 is 22.6 Å². The zero-order valence-corrected chi connectivity index (χ0v) is 24.2. The van der Waals surface area contributed by atoms with E-state index in [9.17, 15) is 13.2 Å². The van der Waals surface area contributed by atoms with Gasteiger partial charge >= 0.3 is 0 Å². The maximum absolute atomic E-state index is 13.4. The lowest BCUT2D eigenvalue weighted by molar-refractivity contribution is -0.117. The van der Waals surface area contributed by atoms with Gasteiger partial charge in [-0.25, -0.2) is 8.42 Å². The SMILES string of the molecule is O=C(Nc1ccc(C23CC4CC(CC(C4)C2)C3)cc1)[C@H](Cc1ccccc1)NS(=O)(=O)c1ccc(I)cc1. The Labute approximate surface area is 239 Å². The molecule has 198 valence electrons. The molecule has 4 fully saturated rings. The van der Waals surface area contributed by atoms with E-state index in [4.69, 9.17) is 0 Å². The van der Waals surface area contributed by atoms with E-state index >= 15 is 0 Å². The molecular weight excluding hydrogens is 607 g/mol. The predicted octanol–water partition coefficient (Wildman–Crippen LogP) is 6.29. The van der Waals surface area contributed by atoms with E-state index in [-0.39, 0.29) is 17.2 Å². The van der Waals surface area contributed by atoms with Crippen LogP contribution in [-0.2, 0) is 26.7 Å². The van der Waals surface area contributed by atoms with Gasteiger partial charge in [0.2, 0.25) is 15.9 Å². The van der Waals surface area contributed by atoms with Crippen LogP contribution < -0.4 is 10.0 Å². The summed E-state index contributed by atoms with van der Waals surface area (Å²) < 4.78 is 29.9. The molecule has 3 aromatic carbocycles. The fourth-order valence-electron chi connectivity index (χ4n) is 7.51. The topological polar surface area (TPSA) is 75.3 Å². The van der Waals surface area contributed by atoms with Gasteiger partial charge in [-0.3, -0.25) is 4.79 Å². The quantitative estimate of drug-likeness (QED) is 0.285. The highest BCUT2D eigenvalue weighted by atomic mass is 127. The lowest BCUT2D eigenvalue weighted by Gasteiger charge is -2.57. The molecule has 0 saturated heterocycles. The summed E-state index contributed by atoms with van der Waals surface area (Å²) >= 11 is 2.14. The maximum atomic E-state index is 13.4. The van der Waals surface area contributed by atoms with Gasteiger partial charge in [-0.15, -0.1) is 0 Å². The smallest absolute Gasteiger partial charge is 0.242 e. The number of amides is 1. The number of hydrogen-bond acceptors (Lipinski definition) is 3. The molecule has 1 atom stereocenters. The fourth-order valence-corrected chi connectivity index (χ4v) is 9.06. The molecule has 2 N–H and O–H groups in total. The second kappa shape index (κ2) is 10.4. The van der Waals surface area contributed by atoms with Crippen molar-refractivity contribution >= 4 is 44.2 Å². The Balaban J connectivity index is 1.20. The van der Waals surface area contributed by atoms with Crippen LogP contribution in [0.15, 0.2) is 83.8 Å². The second-order valence-corrected chi connectivity index (χ2v) is 14.5. The zero-order chi connectivity index (χ0) is 26.3. The van der Waals surface area contributed by atoms with Crippen LogP contribution in [0.3, 0.4) is 0 Å². The van der Waals surface area contributed by atoms with Gasteiger partial charge in [0.05, 0.1) is 4.90 Å². The van der Waals surface area contributed by atoms with Crippen LogP contribution in [0, 0.1) is 21.3 Å². The molecule has 3 aromatic rings. The number of nitrogens with one attached hydrogen (secondary N) is 2. The Morgan fingerprint density at radius 2 is 1.42 bits per heavy atom. The summed E-state index contributed by atoms with van der Waals surface area (Å²) in [5, 5.41) is 2.98. The van der Waals surface area contributed by atoms with Gasteiger partial charge in [0.25, 0.3) is 0 Å². The van der Waals surface area contributed by atoms with Crippen LogP contribution in [0.4, 0.5) is 5.69 Å². The van der Waals surface area contributed by atoms with Crippen LogP contribution in [-0.4, -0.2) is 20.4 Å². The highest BCUT2D eigenvalue weighted by molar-refractivity contribution is 14.1. The molecule has 0 spiro atoms. The van der Waals surface area contributed by atoms with Gasteiger partial charge in [-0.2, -0.15) is 4.72 Å². The second-order valence-electron chi connectivity index (χ2n) is 11.6. The zero-order valence-electron chi connectivity index (χ0n) is 21.3. The molecule has 7 rings (SSSR count). The minimum absolute atomic E-state index is 0.142. The van der Waals surface area contributed by atoms with Crippen molar-refractivity contribution < 1.29 is 13.2 Å². The summed E-state index contributed by atoms with van der Waals surface area (Å²) in [7, 11) is -3.88. The summed E-state index contributed by atoms with van der Waals surface area (Å²) in [5.41, 5.74) is 3.27. The lowest BCUT2D eigenvalue weighted by atomic mass is 9.48. The summed E-state index contributed by atoms with van der Waals surface area (Å²) in [6.45, 7) is 0. The molecule has 7 heteroatoms. The van der Waals surface area contributed by atoms with E-state index in [2.05, 4.69) is 44.8 Å². The Hall–Kier alpha value is -2.23. The average molecular weight is 641 g/mol. The van der Waals surface area contributed by atoms with Gasteiger partial charge in [0.1, 0.15) is 6.04 Å².